The SMILES string of the molecule is Cc1cc(C(=O)N2CCC3(CC2)[C@@H](C(=O)O)CC(=O)N3C)nc(C)n1. The molecule has 3 heterocycles. The molecule has 1 aromatic rings. The van der Waals surface area contributed by atoms with Gasteiger partial charge in [0.25, 0.3) is 5.91 Å². The smallest absolute Gasteiger partial charge is 0.309 e. The van der Waals surface area contributed by atoms with Crippen LogP contribution in [-0.4, -0.2) is 68.3 Å². The Hall–Kier alpha value is -2.51. The van der Waals surface area contributed by atoms with E-state index >= 15 is 0 Å². The van der Waals surface area contributed by atoms with Crippen LogP contribution in [0, 0.1) is 19.8 Å². The van der Waals surface area contributed by atoms with E-state index in [1.807, 2.05) is 6.92 Å². The Morgan fingerprint density at radius 2 is 1.88 bits per heavy atom. The van der Waals surface area contributed by atoms with E-state index in [4.69, 9.17) is 0 Å². The number of carbonyl (C=O) groups is 3. The zero-order valence-corrected chi connectivity index (χ0v) is 14.7. The van der Waals surface area contributed by atoms with E-state index in [9.17, 15) is 19.5 Å². The van der Waals surface area contributed by atoms with Crippen molar-refractivity contribution in [1.29, 1.82) is 0 Å². The first-order valence-corrected chi connectivity index (χ1v) is 8.35. The second-order valence-electron chi connectivity index (χ2n) is 6.89. The lowest BCUT2D eigenvalue weighted by atomic mass is 9.77. The Kier molecular flexibility index (Phi) is 4.22. The first kappa shape index (κ1) is 17.3. The van der Waals surface area contributed by atoms with Crippen LogP contribution in [0.25, 0.3) is 0 Å². The molecule has 2 saturated heterocycles. The van der Waals surface area contributed by atoms with Crippen LogP contribution in [-0.2, 0) is 9.59 Å². The highest BCUT2D eigenvalue weighted by Crippen LogP contribution is 2.42. The van der Waals surface area contributed by atoms with Crippen LogP contribution in [0.15, 0.2) is 6.07 Å². The molecule has 134 valence electrons. The van der Waals surface area contributed by atoms with E-state index in [1.54, 1.807) is 29.8 Å². The molecule has 2 fully saturated rings. The third-order valence-electron chi connectivity index (χ3n) is 5.47. The van der Waals surface area contributed by atoms with Crippen molar-refractivity contribution >= 4 is 17.8 Å². The minimum absolute atomic E-state index is 0.0318. The maximum Gasteiger partial charge on any atom is 0.309 e. The predicted molar refractivity (Wildman–Crippen MR) is 87.9 cm³/mol. The number of hydrogen-bond acceptors (Lipinski definition) is 5. The van der Waals surface area contributed by atoms with Gasteiger partial charge in [-0.3, -0.25) is 14.4 Å². The minimum atomic E-state index is -0.945. The van der Waals surface area contributed by atoms with Crippen LogP contribution in [0.3, 0.4) is 0 Å². The molecular formula is C17H22N4O4. The van der Waals surface area contributed by atoms with Crippen molar-refractivity contribution in [2.45, 2.75) is 38.6 Å². The molecule has 1 aromatic heterocycles. The number of amides is 2. The molecule has 3 rings (SSSR count). The van der Waals surface area contributed by atoms with Gasteiger partial charge >= 0.3 is 5.97 Å². The summed E-state index contributed by atoms with van der Waals surface area (Å²) >= 11 is 0. The van der Waals surface area contributed by atoms with E-state index in [1.165, 1.54) is 0 Å². The molecule has 0 aromatic carbocycles. The fourth-order valence-electron chi connectivity index (χ4n) is 4.07. The van der Waals surface area contributed by atoms with Gasteiger partial charge in [-0.25, -0.2) is 9.97 Å². The lowest BCUT2D eigenvalue weighted by molar-refractivity contribution is -0.145. The predicted octanol–water partition coefficient (Wildman–Crippen LogP) is 0.631. The first-order valence-electron chi connectivity index (χ1n) is 8.35. The summed E-state index contributed by atoms with van der Waals surface area (Å²) in [6.07, 6.45) is 0.950. The molecule has 0 bridgehead atoms. The van der Waals surface area contributed by atoms with E-state index in [-0.39, 0.29) is 18.2 Å². The minimum Gasteiger partial charge on any atom is -0.481 e. The number of carbonyl (C=O) groups excluding carboxylic acids is 2. The van der Waals surface area contributed by atoms with Crippen molar-refractivity contribution in [3.05, 3.63) is 23.3 Å². The number of nitrogens with zero attached hydrogens (tertiary/aromatic N) is 4. The summed E-state index contributed by atoms with van der Waals surface area (Å²) in [7, 11) is 1.67. The largest absolute Gasteiger partial charge is 0.481 e. The quantitative estimate of drug-likeness (QED) is 0.842. The van der Waals surface area contributed by atoms with Crippen molar-refractivity contribution in [1.82, 2.24) is 19.8 Å². The highest BCUT2D eigenvalue weighted by atomic mass is 16.4. The van der Waals surface area contributed by atoms with Gasteiger partial charge < -0.3 is 14.9 Å². The van der Waals surface area contributed by atoms with Crippen molar-refractivity contribution in [2.75, 3.05) is 20.1 Å². The second-order valence-corrected chi connectivity index (χ2v) is 6.89. The molecular weight excluding hydrogens is 324 g/mol. The molecule has 25 heavy (non-hydrogen) atoms. The van der Waals surface area contributed by atoms with E-state index in [2.05, 4.69) is 9.97 Å². The van der Waals surface area contributed by atoms with Crippen LogP contribution < -0.4 is 0 Å². The molecule has 0 unspecified atom stereocenters. The van der Waals surface area contributed by atoms with Crippen LogP contribution in [0.2, 0.25) is 0 Å². The summed E-state index contributed by atoms with van der Waals surface area (Å²) in [6.45, 7) is 4.36. The fraction of sp³-hybridized carbons (Fsp3) is 0.588. The number of rotatable bonds is 2. The van der Waals surface area contributed by atoms with Crippen molar-refractivity contribution in [3.8, 4) is 0 Å². The van der Waals surface area contributed by atoms with Gasteiger partial charge in [0.15, 0.2) is 0 Å². The highest BCUT2D eigenvalue weighted by molar-refractivity contribution is 5.93. The van der Waals surface area contributed by atoms with Gasteiger partial charge in [0.05, 0.1) is 11.5 Å². The molecule has 2 aliphatic heterocycles. The molecule has 1 atom stereocenters. The van der Waals surface area contributed by atoms with Crippen molar-refractivity contribution in [2.24, 2.45) is 5.92 Å². The van der Waals surface area contributed by atoms with Gasteiger partial charge in [0.2, 0.25) is 5.91 Å². The average molecular weight is 346 g/mol. The zero-order chi connectivity index (χ0) is 18.4. The van der Waals surface area contributed by atoms with E-state index < -0.39 is 17.4 Å². The van der Waals surface area contributed by atoms with Crippen molar-refractivity contribution < 1.29 is 19.5 Å². The molecule has 2 aliphatic rings. The summed E-state index contributed by atoms with van der Waals surface area (Å²) in [5, 5.41) is 9.50. The Morgan fingerprint density at radius 3 is 2.44 bits per heavy atom. The standard InChI is InChI=1S/C17H22N4O4/c1-10-8-13(19-11(2)18-10)15(23)21-6-4-17(5-7-21)12(16(24)25)9-14(22)20(17)3/h8,12H,4-7,9H2,1-3H3,(H,24,25)/t12-/m1/s1. The summed E-state index contributed by atoms with van der Waals surface area (Å²) in [5.41, 5.74) is 0.389. The van der Waals surface area contributed by atoms with Gasteiger partial charge in [-0.1, -0.05) is 0 Å². The number of aliphatic carboxylic acids is 1. The number of aryl methyl sites for hydroxylation is 2. The molecule has 1 spiro atoms. The normalized spacial score (nSPS) is 22.5. The molecule has 0 saturated carbocycles. The monoisotopic (exact) mass is 346 g/mol. The second kappa shape index (κ2) is 6.09. The van der Waals surface area contributed by atoms with Gasteiger partial charge in [0, 0.05) is 32.3 Å². The van der Waals surface area contributed by atoms with Crippen LogP contribution in [0.5, 0.6) is 0 Å². The van der Waals surface area contributed by atoms with Crippen LogP contribution in [0.4, 0.5) is 0 Å². The number of carboxylic acids is 1. The van der Waals surface area contributed by atoms with Gasteiger partial charge in [0.1, 0.15) is 11.5 Å². The van der Waals surface area contributed by atoms with Gasteiger partial charge in [-0.2, -0.15) is 0 Å². The maximum atomic E-state index is 12.7. The van der Waals surface area contributed by atoms with Crippen molar-refractivity contribution in [3.63, 3.8) is 0 Å². The zero-order valence-electron chi connectivity index (χ0n) is 14.7. The average Bonchev–Trinajstić information content (AvgIpc) is 2.79. The number of hydrogen-bond donors (Lipinski definition) is 1. The Bertz CT molecular complexity index is 720. The summed E-state index contributed by atoms with van der Waals surface area (Å²) in [5.74, 6) is -1.44. The van der Waals surface area contributed by atoms with Gasteiger partial charge in [-0.15, -0.1) is 0 Å². The molecule has 1 N–H and O–H groups in total. The molecule has 8 heteroatoms. The topological polar surface area (TPSA) is 104 Å². The summed E-state index contributed by atoms with van der Waals surface area (Å²) < 4.78 is 0. The van der Waals surface area contributed by atoms with Crippen LogP contribution in [0.1, 0.15) is 41.3 Å². The number of likely N-dealkylation sites (tertiary alicyclic amines) is 2. The summed E-state index contributed by atoms with van der Waals surface area (Å²) in [4.78, 5) is 48.0. The first-order chi connectivity index (χ1) is 11.7. The molecule has 2 amide bonds. The maximum absolute atomic E-state index is 12.7. The number of piperidine rings is 1. The highest BCUT2D eigenvalue weighted by Gasteiger charge is 2.55. The summed E-state index contributed by atoms with van der Waals surface area (Å²) in [6, 6.07) is 1.66. The van der Waals surface area contributed by atoms with Crippen LogP contribution >= 0.6 is 0 Å². The molecule has 8 nitrogen and oxygen atoms in total. The van der Waals surface area contributed by atoms with Gasteiger partial charge in [-0.05, 0) is 32.8 Å². The Balaban J connectivity index is 1.78. The molecule has 0 radical (unpaired) electrons. The lowest BCUT2D eigenvalue weighted by Gasteiger charge is -2.45. The third-order valence-corrected chi connectivity index (χ3v) is 5.47. The number of aromatic nitrogens is 2. The Morgan fingerprint density at radius 1 is 1.24 bits per heavy atom. The third kappa shape index (κ3) is 2.85. The molecule has 0 aliphatic carbocycles. The van der Waals surface area contributed by atoms with E-state index in [0.29, 0.717) is 37.4 Å². The number of carboxylic acid groups (broad SMARTS) is 1. The van der Waals surface area contributed by atoms with E-state index in [0.717, 1.165) is 5.69 Å². The Labute approximate surface area is 145 Å². The fourth-order valence-corrected chi connectivity index (χ4v) is 4.07. The lowest BCUT2D eigenvalue weighted by Crippen LogP contribution is -2.57.